The molecule has 4 rings (SSSR count). The van der Waals surface area contributed by atoms with E-state index in [9.17, 15) is 17.4 Å². The summed E-state index contributed by atoms with van der Waals surface area (Å²) < 4.78 is 54.9. The Labute approximate surface area is 212 Å². The summed E-state index contributed by atoms with van der Waals surface area (Å²) in [5, 5.41) is 0. The molecule has 0 bridgehead atoms. The first-order chi connectivity index (χ1) is 17.1. The van der Waals surface area contributed by atoms with Crippen LogP contribution >= 0.6 is 0 Å². The van der Waals surface area contributed by atoms with E-state index >= 15 is 0 Å². The maximum Gasteiger partial charge on any atom is 0.416 e. The van der Waals surface area contributed by atoms with E-state index in [2.05, 4.69) is 31.9 Å². The van der Waals surface area contributed by atoms with Crippen molar-refractivity contribution in [2.75, 3.05) is 55.6 Å². The van der Waals surface area contributed by atoms with Crippen LogP contribution in [-0.2, 0) is 15.9 Å². The molecule has 2 aromatic rings. The second kappa shape index (κ2) is 10.8. The molecule has 2 saturated heterocycles. The number of hydrogen-bond donors (Lipinski definition) is 1. The highest BCUT2D eigenvalue weighted by atomic mass is 32.2. The Bertz CT molecular complexity index is 1160. The minimum Gasteiger partial charge on any atom is -0.371 e. The van der Waals surface area contributed by atoms with Crippen molar-refractivity contribution in [3.63, 3.8) is 0 Å². The summed E-state index contributed by atoms with van der Waals surface area (Å²) in [5.74, 6) is 3.93. The summed E-state index contributed by atoms with van der Waals surface area (Å²) in [4.78, 5) is 7.35. The lowest BCUT2D eigenvalue weighted by Gasteiger charge is -2.39. The number of benzene rings is 2. The normalized spacial score (nSPS) is 18.7. The Morgan fingerprint density at radius 2 is 1.58 bits per heavy atom. The summed E-state index contributed by atoms with van der Waals surface area (Å²) >= 11 is 0. The highest BCUT2D eigenvalue weighted by Crippen LogP contribution is 2.34. The van der Waals surface area contributed by atoms with Gasteiger partial charge in [-0.05, 0) is 67.6 Å². The van der Waals surface area contributed by atoms with Gasteiger partial charge in [-0.25, -0.2) is 8.93 Å². The number of nitrogens with one attached hydrogen (secondary N) is 1. The largest absolute Gasteiger partial charge is 0.416 e. The number of alkyl halides is 3. The first-order valence-electron chi connectivity index (χ1n) is 12.5. The number of piperazine rings is 1. The van der Waals surface area contributed by atoms with E-state index < -0.39 is 21.4 Å². The number of halogens is 3. The standard InChI is InChI=1S/C27H35F3N4OS/c1-4-31-36(3,35)24-12-13-26(34-14-6-5-7-15-34)25(20-24)21(2)32-16-18-33(19-17-32)23-10-8-22(9-11-23)27(28,29)30/h8-13,20H,2-7,14-19H2,1H3,(H,31,35). The third-order valence-electron chi connectivity index (χ3n) is 6.96. The van der Waals surface area contributed by atoms with Gasteiger partial charge in [-0.15, -0.1) is 0 Å². The molecule has 0 radical (unpaired) electrons. The fraction of sp³-hybridized carbons (Fsp3) is 0.444. The minimum absolute atomic E-state index is 0.554. The number of piperidine rings is 1. The van der Waals surface area contributed by atoms with Gasteiger partial charge >= 0.3 is 6.18 Å². The second-order valence-electron chi connectivity index (χ2n) is 9.37. The van der Waals surface area contributed by atoms with Crippen molar-refractivity contribution >= 4 is 32.6 Å². The Hall–Kier alpha value is -2.65. The van der Waals surface area contributed by atoms with Crippen molar-refractivity contribution in [2.45, 2.75) is 37.3 Å². The summed E-state index contributed by atoms with van der Waals surface area (Å²) in [6.45, 7) is 11.6. The van der Waals surface area contributed by atoms with Crippen molar-refractivity contribution in [2.24, 2.45) is 0 Å². The van der Waals surface area contributed by atoms with Crippen molar-refractivity contribution in [1.29, 1.82) is 0 Å². The third-order valence-corrected chi connectivity index (χ3v) is 8.73. The summed E-state index contributed by atoms with van der Waals surface area (Å²) in [6, 6.07) is 11.3. The van der Waals surface area contributed by atoms with Crippen LogP contribution in [0.5, 0.6) is 0 Å². The molecule has 2 aliphatic rings. The molecule has 1 atom stereocenters. The Morgan fingerprint density at radius 1 is 0.944 bits per heavy atom. The third kappa shape index (κ3) is 5.83. The van der Waals surface area contributed by atoms with Crippen LogP contribution < -0.4 is 14.5 Å². The van der Waals surface area contributed by atoms with Crippen LogP contribution in [-0.4, -0.2) is 60.8 Å². The molecule has 9 heteroatoms. The zero-order valence-corrected chi connectivity index (χ0v) is 21.6. The average molecular weight is 521 g/mol. The molecule has 36 heavy (non-hydrogen) atoms. The molecule has 1 unspecified atom stereocenters. The van der Waals surface area contributed by atoms with Gasteiger partial charge in [0.1, 0.15) is 0 Å². The highest BCUT2D eigenvalue weighted by molar-refractivity contribution is 7.98. The van der Waals surface area contributed by atoms with Gasteiger partial charge in [0.15, 0.2) is 0 Å². The van der Waals surface area contributed by atoms with Crippen molar-refractivity contribution < 1.29 is 17.4 Å². The van der Waals surface area contributed by atoms with Gasteiger partial charge in [0, 0.05) is 73.3 Å². The van der Waals surface area contributed by atoms with Crippen LogP contribution in [0.25, 0.3) is 5.70 Å². The van der Waals surface area contributed by atoms with Crippen molar-refractivity contribution in [3.05, 3.63) is 60.2 Å². The van der Waals surface area contributed by atoms with Gasteiger partial charge in [-0.2, -0.15) is 13.2 Å². The van der Waals surface area contributed by atoms with Gasteiger partial charge in [0.2, 0.25) is 0 Å². The Balaban J connectivity index is 1.53. The highest BCUT2D eigenvalue weighted by Gasteiger charge is 2.30. The van der Waals surface area contributed by atoms with Crippen LogP contribution in [0.1, 0.15) is 37.3 Å². The van der Waals surface area contributed by atoms with Gasteiger partial charge in [0.05, 0.1) is 15.3 Å². The summed E-state index contributed by atoms with van der Waals surface area (Å²) in [5.41, 5.74) is 3.08. The van der Waals surface area contributed by atoms with Crippen LogP contribution in [0.2, 0.25) is 0 Å². The zero-order valence-electron chi connectivity index (χ0n) is 20.8. The average Bonchev–Trinajstić information content (AvgIpc) is 2.88. The molecule has 0 spiro atoms. The number of nitrogens with zero attached hydrogens (tertiary/aromatic N) is 3. The van der Waals surface area contributed by atoms with Crippen LogP contribution in [0.3, 0.4) is 0 Å². The molecule has 0 amide bonds. The van der Waals surface area contributed by atoms with Gasteiger partial charge in [-0.1, -0.05) is 13.5 Å². The van der Waals surface area contributed by atoms with Gasteiger partial charge in [-0.3, -0.25) is 0 Å². The minimum atomic E-state index is -4.33. The first-order valence-corrected chi connectivity index (χ1v) is 14.2. The fourth-order valence-electron chi connectivity index (χ4n) is 4.94. The summed E-state index contributed by atoms with van der Waals surface area (Å²) in [7, 11) is -2.62. The number of anilines is 2. The number of rotatable bonds is 7. The lowest BCUT2D eigenvalue weighted by atomic mass is 10.0. The zero-order chi connectivity index (χ0) is 25.9. The fourth-order valence-corrected chi connectivity index (χ4v) is 6.17. The molecule has 2 aliphatic heterocycles. The second-order valence-corrected chi connectivity index (χ2v) is 11.5. The molecule has 196 valence electrons. The van der Waals surface area contributed by atoms with E-state index in [1.807, 2.05) is 25.1 Å². The van der Waals surface area contributed by atoms with E-state index in [1.165, 1.54) is 18.6 Å². The molecule has 0 aromatic heterocycles. The van der Waals surface area contributed by atoms with Crippen LogP contribution in [0.15, 0.2) is 53.9 Å². The molecular formula is C27H35F3N4OS. The van der Waals surface area contributed by atoms with Crippen LogP contribution in [0.4, 0.5) is 24.5 Å². The quantitative estimate of drug-likeness (QED) is 0.517. The monoisotopic (exact) mass is 520 g/mol. The SMILES string of the molecule is C=C(c1cc(S(=C)(=O)NCC)ccc1N1CCCCC1)N1CCN(c2ccc(C(F)(F)F)cc2)CC1. The topological polar surface area (TPSA) is 38.8 Å². The Kier molecular flexibility index (Phi) is 7.90. The van der Waals surface area contributed by atoms with Gasteiger partial charge in [0.25, 0.3) is 0 Å². The first kappa shape index (κ1) is 26.4. The van der Waals surface area contributed by atoms with E-state index in [1.54, 1.807) is 0 Å². The van der Waals surface area contributed by atoms with E-state index in [4.69, 9.17) is 0 Å². The smallest absolute Gasteiger partial charge is 0.371 e. The maximum atomic E-state index is 13.2. The van der Waals surface area contributed by atoms with E-state index in [0.29, 0.717) is 37.6 Å². The lowest BCUT2D eigenvalue weighted by molar-refractivity contribution is -0.137. The lowest BCUT2D eigenvalue weighted by Crippen LogP contribution is -2.45. The van der Waals surface area contributed by atoms with Crippen LogP contribution in [0, 0.1) is 0 Å². The van der Waals surface area contributed by atoms with Crippen molar-refractivity contribution in [1.82, 2.24) is 9.62 Å². The molecule has 0 aliphatic carbocycles. The molecular weight excluding hydrogens is 485 g/mol. The molecule has 2 heterocycles. The van der Waals surface area contributed by atoms with E-state index in [0.717, 1.165) is 60.7 Å². The predicted molar refractivity (Wildman–Crippen MR) is 144 cm³/mol. The predicted octanol–water partition coefficient (Wildman–Crippen LogP) is 5.09. The van der Waals surface area contributed by atoms with Crippen molar-refractivity contribution in [3.8, 4) is 0 Å². The maximum absolute atomic E-state index is 13.2. The summed E-state index contributed by atoms with van der Waals surface area (Å²) in [6.07, 6.45) is -0.824. The van der Waals surface area contributed by atoms with E-state index in [-0.39, 0.29) is 0 Å². The molecule has 2 fully saturated rings. The molecule has 5 nitrogen and oxygen atoms in total. The Morgan fingerprint density at radius 3 is 2.17 bits per heavy atom. The molecule has 0 saturated carbocycles. The van der Waals surface area contributed by atoms with Gasteiger partial charge < -0.3 is 14.7 Å². The molecule has 1 N–H and O–H groups in total. The molecule has 2 aromatic carbocycles. The number of hydrogen-bond acceptors (Lipinski definition) is 4.